The van der Waals surface area contributed by atoms with Crippen LogP contribution in [0.2, 0.25) is 0 Å². The third-order valence-corrected chi connectivity index (χ3v) is 9.01. The molecular weight excluding hydrogens is 452 g/mol. The van der Waals surface area contributed by atoms with Crippen LogP contribution in [0.3, 0.4) is 0 Å². The maximum atomic E-state index is 5.31. The average Bonchev–Trinajstić information content (AvgIpc) is 3.46. The van der Waals surface area contributed by atoms with Crippen molar-refractivity contribution in [2.45, 2.75) is 87.1 Å². The van der Waals surface area contributed by atoms with Gasteiger partial charge in [0.15, 0.2) is 11.0 Å². The molecule has 3 aromatic heterocycles. The second-order valence-corrected chi connectivity index (χ2v) is 10.9. The predicted octanol–water partition coefficient (Wildman–Crippen LogP) is 8.34. The van der Waals surface area contributed by atoms with Crippen LogP contribution in [0.1, 0.15) is 77.6 Å². The van der Waals surface area contributed by atoms with Gasteiger partial charge in [-0.25, -0.2) is 4.57 Å². The largest absolute Gasteiger partial charge is 0.312 e. The smallest absolute Gasteiger partial charge is 0.258 e. The minimum absolute atomic E-state index is 0.0543. The Morgan fingerprint density at radius 1 is 0.730 bits per heavy atom. The van der Waals surface area contributed by atoms with Crippen LogP contribution < -0.4 is 4.57 Å². The van der Waals surface area contributed by atoms with Gasteiger partial charge in [-0.1, -0.05) is 65.8 Å². The number of benzene rings is 3. The van der Waals surface area contributed by atoms with Crippen LogP contribution in [0.5, 0.6) is 0 Å². The van der Waals surface area contributed by atoms with Crippen LogP contribution in [-0.4, -0.2) is 13.8 Å². The summed E-state index contributed by atoms with van der Waals surface area (Å²) in [5.74, 6) is 0.989. The summed E-state index contributed by atoms with van der Waals surface area (Å²) in [5.41, 5.74) is 12.4. The minimum atomic E-state index is -0.115. The van der Waals surface area contributed by atoms with Crippen molar-refractivity contribution in [3.63, 3.8) is 0 Å². The maximum absolute atomic E-state index is 5.31. The van der Waals surface area contributed by atoms with E-state index in [-0.39, 0.29) is 11.0 Å². The first-order valence-corrected chi connectivity index (χ1v) is 13.9. The molecule has 1 aliphatic heterocycles. The van der Waals surface area contributed by atoms with E-state index >= 15 is 0 Å². The number of hydrogen-bond acceptors (Lipinski definition) is 1. The number of rotatable bonds is 0. The minimum Gasteiger partial charge on any atom is -0.258 e. The Hall–Kier alpha value is -3.40. The van der Waals surface area contributed by atoms with E-state index in [4.69, 9.17) is 4.98 Å². The Balaban J connectivity index is 0.000000670. The fraction of sp³-hybridized carbons (Fsp3) is 0.394. The molecule has 0 bridgehead atoms. The van der Waals surface area contributed by atoms with Crippen LogP contribution in [0, 0.1) is 20.8 Å². The van der Waals surface area contributed by atoms with Crippen molar-refractivity contribution in [1.29, 1.82) is 0 Å². The SMILES string of the molecule is CC.CC.Cc1cc2c(nc3n2c2cccc4c2c2n3c3ccccc3[n+]2C(C)(C)C4(C)C)c(C)c1C. The first-order chi connectivity index (χ1) is 17.7. The van der Waals surface area contributed by atoms with Crippen LogP contribution in [0.4, 0.5) is 0 Å². The van der Waals surface area contributed by atoms with E-state index in [1.165, 1.54) is 55.4 Å². The highest BCUT2D eigenvalue weighted by molar-refractivity contribution is 6.02. The predicted molar refractivity (Wildman–Crippen MR) is 158 cm³/mol. The van der Waals surface area contributed by atoms with Gasteiger partial charge >= 0.3 is 11.4 Å². The summed E-state index contributed by atoms with van der Waals surface area (Å²) in [6, 6.07) is 17.9. The number of fused-ring (bicyclic) bond motifs is 8. The van der Waals surface area contributed by atoms with E-state index in [1.807, 2.05) is 27.7 Å². The Morgan fingerprint density at radius 2 is 1.38 bits per heavy atom. The molecule has 0 fully saturated rings. The second-order valence-electron chi connectivity index (χ2n) is 10.9. The summed E-state index contributed by atoms with van der Waals surface area (Å²) in [7, 11) is 0. The molecule has 3 aromatic carbocycles. The van der Waals surface area contributed by atoms with E-state index < -0.39 is 0 Å². The standard InChI is InChI=1S/C29H29N4.2C2H6/c1-16-15-23-25(18(3)17(16)2)30-27-31(23)22-14-10-11-19-24(22)26-32(27)20-12-8-9-13-21(20)33(26)29(6,7)28(19,4)5;2*1-2/h8-15H,1-7H3;2*1-2H3/q+1;;. The van der Waals surface area contributed by atoms with E-state index in [0.29, 0.717) is 0 Å². The fourth-order valence-electron chi connectivity index (χ4n) is 6.26. The molecule has 0 radical (unpaired) electrons. The highest BCUT2D eigenvalue weighted by Crippen LogP contribution is 2.47. The van der Waals surface area contributed by atoms with Gasteiger partial charge < -0.3 is 0 Å². The van der Waals surface area contributed by atoms with Crippen molar-refractivity contribution >= 4 is 44.4 Å². The number of hydrogen-bond donors (Lipinski definition) is 0. The molecular formula is C33H41N4+. The zero-order chi connectivity index (χ0) is 27.0. The van der Waals surface area contributed by atoms with Gasteiger partial charge in [-0.3, -0.25) is 4.40 Å². The molecule has 192 valence electrons. The molecule has 1 aliphatic rings. The molecule has 0 spiro atoms. The van der Waals surface area contributed by atoms with Gasteiger partial charge in [-0.15, -0.1) is 0 Å². The zero-order valence-corrected chi connectivity index (χ0v) is 24.4. The Labute approximate surface area is 220 Å². The van der Waals surface area contributed by atoms with E-state index in [9.17, 15) is 0 Å². The lowest BCUT2D eigenvalue weighted by Gasteiger charge is -2.42. The lowest BCUT2D eigenvalue weighted by atomic mass is 9.67. The molecule has 6 aromatic rings. The highest BCUT2D eigenvalue weighted by Gasteiger charge is 2.51. The molecule has 37 heavy (non-hydrogen) atoms. The van der Waals surface area contributed by atoms with Crippen molar-refractivity contribution in [3.8, 4) is 0 Å². The highest BCUT2D eigenvalue weighted by atomic mass is 15.3. The van der Waals surface area contributed by atoms with Crippen molar-refractivity contribution in [1.82, 2.24) is 13.8 Å². The number of imidazole rings is 2. The molecule has 4 heteroatoms. The van der Waals surface area contributed by atoms with Crippen LogP contribution in [0.15, 0.2) is 48.5 Å². The normalized spacial score (nSPS) is 15.3. The molecule has 0 atom stereocenters. The zero-order valence-electron chi connectivity index (χ0n) is 24.4. The molecule has 0 N–H and O–H groups in total. The summed E-state index contributed by atoms with van der Waals surface area (Å²) in [6.07, 6.45) is 0. The maximum Gasteiger partial charge on any atom is 0.312 e. The molecule has 4 heterocycles. The van der Waals surface area contributed by atoms with Crippen molar-refractivity contribution < 1.29 is 4.57 Å². The number of nitrogens with zero attached hydrogens (tertiary/aromatic N) is 4. The van der Waals surface area contributed by atoms with Crippen molar-refractivity contribution in [3.05, 3.63) is 70.8 Å². The summed E-state index contributed by atoms with van der Waals surface area (Å²) in [5, 5.41) is 1.33. The second kappa shape index (κ2) is 8.31. The Kier molecular flexibility index (Phi) is 5.67. The van der Waals surface area contributed by atoms with Gasteiger partial charge in [0.05, 0.1) is 21.9 Å². The molecule has 0 saturated heterocycles. The third kappa shape index (κ3) is 2.90. The fourth-order valence-corrected chi connectivity index (χ4v) is 6.26. The van der Waals surface area contributed by atoms with Crippen LogP contribution >= 0.6 is 0 Å². The molecule has 7 rings (SSSR count). The summed E-state index contributed by atoms with van der Waals surface area (Å²) in [6.45, 7) is 24.2. The third-order valence-electron chi connectivity index (χ3n) is 9.01. The van der Waals surface area contributed by atoms with Crippen LogP contribution in [-0.2, 0) is 11.0 Å². The van der Waals surface area contributed by atoms with Crippen molar-refractivity contribution in [2.75, 3.05) is 0 Å². The van der Waals surface area contributed by atoms with Gasteiger partial charge in [0.25, 0.3) is 0 Å². The molecule has 0 aliphatic carbocycles. The topological polar surface area (TPSA) is 25.6 Å². The van der Waals surface area contributed by atoms with E-state index in [0.717, 1.165) is 11.3 Å². The monoisotopic (exact) mass is 493 g/mol. The summed E-state index contributed by atoms with van der Waals surface area (Å²) < 4.78 is 7.37. The lowest BCUT2D eigenvalue weighted by Crippen LogP contribution is -2.64. The van der Waals surface area contributed by atoms with Crippen molar-refractivity contribution in [2.24, 2.45) is 0 Å². The van der Waals surface area contributed by atoms with Gasteiger partial charge in [0.2, 0.25) is 0 Å². The van der Waals surface area contributed by atoms with Gasteiger partial charge in [0, 0.05) is 5.41 Å². The quantitative estimate of drug-likeness (QED) is 0.195. The number of aryl methyl sites for hydroxylation is 2. The first-order valence-electron chi connectivity index (χ1n) is 13.9. The Morgan fingerprint density at radius 3 is 2.08 bits per heavy atom. The van der Waals surface area contributed by atoms with E-state index in [1.54, 1.807) is 0 Å². The number of aromatic nitrogens is 4. The van der Waals surface area contributed by atoms with Gasteiger partial charge in [-0.05, 0) is 81.1 Å². The summed E-state index contributed by atoms with van der Waals surface area (Å²) in [4.78, 5) is 5.31. The van der Waals surface area contributed by atoms with Crippen LogP contribution in [0.25, 0.3) is 44.4 Å². The van der Waals surface area contributed by atoms with Gasteiger partial charge in [0.1, 0.15) is 5.54 Å². The lowest BCUT2D eigenvalue weighted by molar-refractivity contribution is -0.723. The molecule has 4 nitrogen and oxygen atoms in total. The average molecular weight is 494 g/mol. The van der Waals surface area contributed by atoms with Gasteiger partial charge in [-0.2, -0.15) is 9.38 Å². The molecule has 0 unspecified atom stereocenters. The first kappa shape index (κ1) is 25.3. The summed E-state index contributed by atoms with van der Waals surface area (Å²) >= 11 is 0. The number of para-hydroxylation sites is 2. The molecule has 0 saturated carbocycles. The molecule has 0 amide bonds. The Bertz CT molecular complexity index is 1840. The van der Waals surface area contributed by atoms with E-state index in [2.05, 4.69) is 110 Å².